The minimum atomic E-state index is 0.264. The van der Waals surface area contributed by atoms with Gasteiger partial charge in [0.15, 0.2) is 0 Å². The molecule has 6 heteroatoms. The van der Waals surface area contributed by atoms with E-state index in [1.807, 2.05) is 0 Å². The lowest BCUT2D eigenvalue weighted by Gasteiger charge is -2.26. The van der Waals surface area contributed by atoms with E-state index in [-0.39, 0.29) is 5.28 Å². The van der Waals surface area contributed by atoms with E-state index in [9.17, 15) is 0 Å². The third-order valence-electron chi connectivity index (χ3n) is 3.82. The van der Waals surface area contributed by atoms with E-state index in [2.05, 4.69) is 27.9 Å². The zero-order valence-electron chi connectivity index (χ0n) is 12.3. The van der Waals surface area contributed by atoms with Crippen molar-refractivity contribution in [1.29, 1.82) is 0 Å². The molecule has 114 valence electrons. The number of hydrogen-bond donors (Lipinski definition) is 0. The monoisotopic (exact) mass is 325 g/mol. The highest BCUT2D eigenvalue weighted by Crippen LogP contribution is 2.31. The van der Waals surface area contributed by atoms with Gasteiger partial charge in [0.05, 0.1) is 5.39 Å². The van der Waals surface area contributed by atoms with Crippen LogP contribution in [0.5, 0.6) is 5.88 Å². The molecule has 0 radical (unpaired) electrons. The Kier molecular flexibility index (Phi) is 4.93. The van der Waals surface area contributed by atoms with Crippen LogP contribution in [0.15, 0.2) is 6.07 Å². The number of aryl methyl sites for hydroxylation is 1. The number of halogens is 1. The molecule has 1 aliphatic heterocycles. The fraction of sp³-hybridized carbons (Fsp3) is 0.600. The fourth-order valence-corrected chi connectivity index (χ4v) is 3.83. The Bertz CT molecular complexity index is 610. The van der Waals surface area contributed by atoms with Crippen LogP contribution in [0.3, 0.4) is 0 Å². The van der Waals surface area contributed by atoms with Crippen molar-refractivity contribution in [2.75, 3.05) is 26.2 Å². The van der Waals surface area contributed by atoms with E-state index >= 15 is 0 Å². The van der Waals surface area contributed by atoms with Crippen molar-refractivity contribution in [3.05, 3.63) is 16.2 Å². The van der Waals surface area contributed by atoms with Gasteiger partial charge in [0.25, 0.3) is 0 Å². The molecule has 0 spiro atoms. The number of fused-ring (bicyclic) bond motifs is 1. The van der Waals surface area contributed by atoms with Crippen LogP contribution in [0.4, 0.5) is 0 Å². The van der Waals surface area contributed by atoms with Crippen molar-refractivity contribution in [2.45, 2.75) is 32.6 Å². The number of piperidine rings is 1. The van der Waals surface area contributed by atoms with Gasteiger partial charge in [0.2, 0.25) is 11.2 Å². The van der Waals surface area contributed by atoms with Gasteiger partial charge in [-0.1, -0.05) is 13.3 Å². The highest BCUT2D eigenvalue weighted by atomic mass is 35.5. The Labute approximate surface area is 134 Å². The van der Waals surface area contributed by atoms with Crippen molar-refractivity contribution in [2.24, 2.45) is 0 Å². The number of nitrogens with zero attached hydrogens (tertiary/aromatic N) is 3. The van der Waals surface area contributed by atoms with Gasteiger partial charge >= 0.3 is 0 Å². The zero-order chi connectivity index (χ0) is 14.7. The minimum Gasteiger partial charge on any atom is -0.476 e. The Morgan fingerprint density at radius 3 is 2.86 bits per heavy atom. The SMILES string of the molecule is CCc1cc2c(OCCN3CCCCC3)nc(Cl)nc2s1. The van der Waals surface area contributed by atoms with Crippen LogP contribution in [0, 0.1) is 0 Å². The molecule has 0 atom stereocenters. The number of hydrogen-bond acceptors (Lipinski definition) is 5. The van der Waals surface area contributed by atoms with Crippen molar-refractivity contribution < 1.29 is 4.74 Å². The predicted molar refractivity (Wildman–Crippen MR) is 87.6 cm³/mol. The molecule has 1 fully saturated rings. The summed E-state index contributed by atoms with van der Waals surface area (Å²) in [6, 6.07) is 2.12. The maximum atomic E-state index is 6.00. The van der Waals surface area contributed by atoms with Gasteiger partial charge in [-0.2, -0.15) is 4.98 Å². The number of thiophene rings is 1. The first-order chi connectivity index (χ1) is 10.3. The third kappa shape index (κ3) is 3.65. The van der Waals surface area contributed by atoms with Crippen LogP contribution >= 0.6 is 22.9 Å². The molecule has 4 nitrogen and oxygen atoms in total. The summed E-state index contributed by atoms with van der Waals surface area (Å²) >= 11 is 7.66. The molecular formula is C15H20ClN3OS. The standard InChI is InChI=1S/C15H20ClN3OS/c1-2-11-10-12-13(17-15(16)18-14(12)21-11)20-9-8-19-6-4-3-5-7-19/h10H,2-9H2,1H3. The smallest absolute Gasteiger partial charge is 0.227 e. The van der Waals surface area contributed by atoms with Crippen LogP contribution in [-0.2, 0) is 6.42 Å². The Morgan fingerprint density at radius 1 is 1.29 bits per heavy atom. The molecule has 1 saturated heterocycles. The van der Waals surface area contributed by atoms with Crippen LogP contribution in [0.1, 0.15) is 31.1 Å². The molecule has 2 aromatic rings. The number of aromatic nitrogens is 2. The summed E-state index contributed by atoms with van der Waals surface area (Å²) < 4.78 is 5.89. The van der Waals surface area contributed by atoms with Gasteiger partial charge in [0, 0.05) is 11.4 Å². The summed E-state index contributed by atoms with van der Waals surface area (Å²) in [6.07, 6.45) is 4.95. The van der Waals surface area contributed by atoms with Crippen LogP contribution in [0.25, 0.3) is 10.2 Å². The number of likely N-dealkylation sites (tertiary alicyclic amines) is 1. The van der Waals surface area contributed by atoms with Gasteiger partial charge in [0.1, 0.15) is 11.4 Å². The van der Waals surface area contributed by atoms with Crippen molar-refractivity contribution in [3.63, 3.8) is 0 Å². The summed E-state index contributed by atoms with van der Waals surface area (Å²) in [5.41, 5.74) is 0. The maximum Gasteiger partial charge on any atom is 0.227 e. The zero-order valence-corrected chi connectivity index (χ0v) is 13.8. The van der Waals surface area contributed by atoms with Crippen LogP contribution in [0.2, 0.25) is 5.28 Å². The van der Waals surface area contributed by atoms with Gasteiger partial charge < -0.3 is 4.74 Å². The number of rotatable bonds is 5. The molecule has 0 aliphatic carbocycles. The van der Waals surface area contributed by atoms with E-state index in [4.69, 9.17) is 16.3 Å². The summed E-state index contributed by atoms with van der Waals surface area (Å²) in [5, 5.41) is 1.25. The highest BCUT2D eigenvalue weighted by Gasteiger charge is 2.13. The fourth-order valence-electron chi connectivity index (χ4n) is 2.66. The van der Waals surface area contributed by atoms with Crippen molar-refractivity contribution in [1.82, 2.24) is 14.9 Å². The molecule has 0 N–H and O–H groups in total. The minimum absolute atomic E-state index is 0.264. The van der Waals surface area contributed by atoms with Crippen LogP contribution in [-0.4, -0.2) is 41.1 Å². The summed E-state index contributed by atoms with van der Waals surface area (Å²) in [7, 11) is 0. The molecule has 0 unspecified atom stereocenters. The molecule has 0 saturated carbocycles. The second kappa shape index (κ2) is 6.90. The lowest BCUT2D eigenvalue weighted by Crippen LogP contribution is -2.33. The first-order valence-corrected chi connectivity index (χ1v) is 8.77. The van der Waals surface area contributed by atoms with Gasteiger partial charge in [-0.25, -0.2) is 4.98 Å². The normalized spacial score (nSPS) is 16.5. The van der Waals surface area contributed by atoms with Crippen molar-refractivity contribution in [3.8, 4) is 5.88 Å². The summed E-state index contributed by atoms with van der Waals surface area (Å²) in [4.78, 5) is 13.2. The maximum absolute atomic E-state index is 6.00. The largest absolute Gasteiger partial charge is 0.476 e. The summed E-state index contributed by atoms with van der Waals surface area (Å²) in [5.74, 6) is 0.623. The second-order valence-corrected chi connectivity index (χ2v) is 6.79. The average molecular weight is 326 g/mol. The second-order valence-electron chi connectivity index (χ2n) is 5.33. The molecule has 21 heavy (non-hydrogen) atoms. The van der Waals surface area contributed by atoms with E-state index in [0.29, 0.717) is 12.5 Å². The van der Waals surface area contributed by atoms with E-state index < -0.39 is 0 Å². The topological polar surface area (TPSA) is 38.2 Å². The van der Waals surface area contributed by atoms with E-state index in [1.54, 1.807) is 11.3 Å². The van der Waals surface area contributed by atoms with Gasteiger partial charge in [-0.15, -0.1) is 11.3 Å². The van der Waals surface area contributed by atoms with Gasteiger partial charge in [-0.05, 0) is 50.0 Å². The molecule has 0 bridgehead atoms. The molecule has 1 aliphatic rings. The molecule has 3 rings (SSSR count). The van der Waals surface area contributed by atoms with Crippen molar-refractivity contribution >= 4 is 33.2 Å². The van der Waals surface area contributed by atoms with Crippen LogP contribution < -0.4 is 4.74 Å². The number of ether oxygens (including phenoxy) is 1. The molecule has 0 amide bonds. The third-order valence-corrected chi connectivity index (χ3v) is 5.17. The van der Waals surface area contributed by atoms with E-state index in [0.717, 1.165) is 23.2 Å². The van der Waals surface area contributed by atoms with Gasteiger partial charge in [-0.3, -0.25) is 4.90 Å². The molecular weight excluding hydrogens is 306 g/mol. The quantitative estimate of drug-likeness (QED) is 0.784. The summed E-state index contributed by atoms with van der Waals surface area (Å²) in [6.45, 7) is 6.10. The molecule has 3 heterocycles. The predicted octanol–water partition coefficient (Wildman–Crippen LogP) is 3.77. The first-order valence-electron chi connectivity index (χ1n) is 7.57. The highest BCUT2D eigenvalue weighted by molar-refractivity contribution is 7.18. The Balaban J connectivity index is 1.69. The first kappa shape index (κ1) is 15.0. The Hall–Kier alpha value is -0.910. The lowest BCUT2D eigenvalue weighted by atomic mass is 10.1. The molecule has 2 aromatic heterocycles. The van der Waals surface area contributed by atoms with E-state index in [1.165, 1.54) is 37.2 Å². The Morgan fingerprint density at radius 2 is 2.10 bits per heavy atom. The molecule has 0 aromatic carbocycles. The average Bonchev–Trinajstić information content (AvgIpc) is 2.91. The lowest BCUT2D eigenvalue weighted by molar-refractivity contribution is 0.181.